The molecule has 0 aliphatic heterocycles. The van der Waals surface area contributed by atoms with Crippen molar-refractivity contribution in [1.82, 2.24) is 0 Å². The van der Waals surface area contributed by atoms with Crippen molar-refractivity contribution in [3.05, 3.63) is 42.0 Å². The first kappa shape index (κ1) is 22.3. The van der Waals surface area contributed by atoms with E-state index in [-0.39, 0.29) is 27.6 Å². The first-order valence-corrected chi connectivity index (χ1v) is 9.93. The SMILES string of the molecule is COCCOc1ccc(S(=O)(=O)Nc2cc(OC)c(OC)cc2C(=O)OC)cc1. The van der Waals surface area contributed by atoms with Gasteiger partial charge in [0.15, 0.2) is 11.5 Å². The summed E-state index contributed by atoms with van der Waals surface area (Å²) in [5.41, 5.74) is -0.0248. The van der Waals surface area contributed by atoms with Crippen LogP contribution in [-0.2, 0) is 19.5 Å². The molecule has 29 heavy (non-hydrogen) atoms. The van der Waals surface area contributed by atoms with Crippen molar-refractivity contribution in [1.29, 1.82) is 0 Å². The number of carbonyl (C=O) groups excluding carboxylic acids is 1. The molecule has 9 nitrogen and oxygen atoms in total. The average molecular weight is 425 g/mol. The Balaban J connectivity index is 2.34. The van der Waals surface area contributed by atoms with Gasteiger partial charge in [-0.3, -0.25) is 4.72 Å². The van der Waals surface area contributed by atoms with E-state index >= 15 is 0 Å². The highest BCUT2D eigenvalue weighted by Crippen LogP contribution is 2.34. The van der Waals surface area contributed by atoms with Gasteiger partial charge in [-0.25, -0.2) is 13.2 Å². The molecule has 10 heteroatoms. The normalized spacial score (nSPS) is 10.9. The number of carbonyl (C=O) groups is 1. The second-order valence-electron chi connectivity index (χ2n) is 5.66. The molecule has 0 aliphatic rings. The monoisotopic (exact) mass is 425 g/mol. The Morgan fingerprint density at radius 1 is 0.931 bits per heavy atom. The van der Waals surface area contributed by atoms with Crippen molar-refractivity contribution in [2.45, 2.75) is 4.90 Å². The molecule has 2 aromatic carbocycles. The number of benzene rings is 2. The van der Waals surface area contributed by atoms with Crippen LogP contribution in [0.5, 0.6) is 17.2 Å². The summed E-state index contributed by atoms with van der Waals surface area (Å²) in [6.07, 6.45) is 0. The van der Waals surface area contributed by atoms with Crippen LogP contribution in [0.15, 0.2) is 41.3 Å². The van der Waals surface area contributed by atoms with Gasteiger partial charge in [-0.15, -0.1) is 0 Å². The van der Waals surface area contributed by atoms with Crippen LogP contribution in [0.25, 0.3) is 0 Å². The topological polar surface area (TPSA) is 109 Å². The third-order valence-corrected chi connectivity index (χ3v) is 5.24. The van der Waals surface area contributed by atoms with Gasteiger partial charge in [0, 0.05) is 19.2 Å². The predicted octanol–water partition coefficient (Wildman–Crippen LogP) is 2.32. The van der Waals surface area contributed by atoms with Crippen LogP contribution in [0.4, 0.5) is 5.69 Å². The van der Waals surface area contributed by atoms with E-state index in [4.69, 9.17) is 23.7 Å². The van der Waals surface area contributed by atoms with Gasteiger partial charge >= 0.3 is 5.97 Å². The number of esters is 1. The lowest BCUT2D eigenvalue weighted by Crippen LogP contribution is -2.16. The van der Waals surface area contributed by atoms with Crippen LogP contribution in [0, 0.1) is 0 Å². The average Bonchev–Trinajstić information content (AvgIpc) is 2.73. The zero-order chi connectivity index (χ0) is 21.4. The molecule has 2 rings (SSSR count). The summed E-state index contributed by atoms with van der Waals surface area (Å²) in [5, 5.41) is 0. The minimum Gasteiger partial charge on any atom is -0.493 e. The van der Waals surface area contributed by atoms with Crippen molar-refractivity contribution in [2.24, 2.45) is 0 Å². The second kappa shape index (κ2) is 9.99. The van der Waals surface area contributed by atoms with E-state index in [0.29, 0.717) is 19.0 Å². The van der Waals surface area contributed by atoms with Gasteiger partial charge in [-0.1, -0.05) is 0 Å². The maximum Gasteiger partial charge on any atom is 0.340 e. The molecule has 1 N–H and O–H groups in total. The Morgan fingerprint density at radius 2 is 1.55 bits per heavy atom. The van der Waals surface area contributed by atoms with Crippen LogP contribution in [0.3, 0.4) is 0 Å². The summed E-state index contributed by atoms with van der Waals surface area (Å²) in [7, 11) is 1.55. The highest BCUT2D eigenvalue weighted by molar-refractivity contribution is 7.92. The molecule has 0 atom stereocenters. The highest BCUT2D eigenvalue weighted by atomic mass is 32.2. The lowest BCUT2D eigenvalue weighted by molar-refractivity contribution is 0.0601. The fraction of sp³-hybridized carbons (Fsp3) is 0.316. The Kier molecular flexibility index (Phi) is 7.68. The molecular weight excluding hydrogens is 402 g/mol. The standard InChI is InChI=1S/C19H23NO8S/c1-24-9-10-28-13-5-7-14(8-6-13)29(22,23)20-16-12-18(26-3)17(25-2)11-15(16)19(21)27-4/h5-8,11-12,20H,9-10H2,1-4H3. The first-order valence-electron chi connectivity index (χ1n) is 8.45. The molecule has 0 aromatic heterocycles. The summed E-state index contributed by atoms with van der Waals surface area (Å²) in [6.45, 7) is 0.756. The van der Waals surface area contributed by atoms with Crippen molar-refractivity contribution < 1.29 is 36.9 Å². The van der Waals surface area contributed by atoms with Crippen LogP contribution < -0.4 is 18.9 Å². The molecule has 158 valence electrons. The summed E-state index contributed by atoms with van der Waals surface area (Å²) < 4.78 is 53.4. The van der Waals surface area contributed by atoms with Gasteiger partial charge in [-0.05, 0) is 24.3 Å². The number of ether oxygens (including phenoxy) is 5. The predicted molar refractivity (Wildman–Crippen MR) is 106 cm³/mol. The van der Waals surface area contributed by atoms with Gasteiger partial charge in [-0.2, -0.15) is 0 Å². The third kappa shape index (κ3) is 5.52. The van der Waals surface area contributed by atoms with Gasteiger partial charge in [0.25, 0.3) is 10.0 Å². The summed E-state index contributed by atoms with van der Waals surface area (Å²) in [6, 6.07) is 8.53. The molecule has 0 saturated carbocycles. The molecule has 0 saturated heterocycles. The zero-order valence-electron chi connectivity index (χ0n) is 16.6. The Labute approximate surface area is 169 Å². The minimum atomic E-state index is -4.00. The quantitative estimate of drug-likeness (QED) is 0.456. The molecule has 0 spiro atoms. The maximum absolute atomic E-state index is 12.8. The summed E-state index contributed by atoms with van der Waals surface area (Å²) in [5.74, 6) is 0.279. The zero-order valence-corrected chi connectivity index (χ0v) is 17.4. The van der Waals surface area contributed by atoms with Crippen molar-refractivity contribution >= 4 is 21.7 Å². The number of rotatable bonds is 10. The molecular formula is C19H23NO8S. The number of sulfonamides is 1. The first-order chi connectivity index (χ1) is 13.9. The maximum atomic E-state index is 12.8. The lowest BCUT2D eigenvalue weighted by atomic mass is 10.1. The number of anilines is 1. The fourth-order valence-corrected chi connectivity index (χ4v) is 3.47. The van der Waals surface area contributed by atoms with Gasteiger partial charge in [0.1, 0.15) is 12.4 Å². The number of methoxy groups -OCH3 is 4. The van der Waals surface area contributed by atoms with E-state index in [1.54, 1.807) is 7.11 Å². The lowest BCUT2D eigenvalue weighted by Gasteiger charge is -2.15. The van der Waals surface area contributed by atoms with E-state index in [2.05, 4.69) is 4.72 Å². The van der Waals surface area contributed by atoms with E-state index in [9.17, 15) is 13.2 Å². The number of hydrogen-bond acceptors (Lipinski definition) is 8. The van der Waals surface area contributed by atoms with E-state index in [0.717, 1.165) is 0 Å². The van der Waals surface area contributed by atoms with Crippen LogP contribution in [0.1, 0.15) is 10.4 Å². The van der Waals surface area contributed by atoms with Gasteiger partial charge in [0.2, 0.25) is 0 Å². The molecule has 0 radical (unpaired) electrons. The molecule has 0 heterocycles. The third-order valence-electron chi connectivity index (χ3n) is 3.86. The smallest absolute Gasteiger partial charge is 0.340 e. The Morgan fingerprint density at radius 3 is 2.10 bits per heavy atom. The molecule has 0 amide bonds. The number of hydrogen-bond donors (Lipinski definition) is 1. The van der Waals surface area contributed by atoms with Crippen LogP contribution >= 0.6 is 0 Å². The van der Waals surface area contributed by atoms with Crippen LogP contribution in [-0.4, -0.2) is 56.0 Å². The highest BCUT2D eigenvalue weighted by Gasteiger charge is 2.22. The van der Waals surface area contributed by atoms with E-state index in [1.807, 2.05) is 0 Å². The Bertz CT molecular complexity index is 941. The van der Waals surface area contributed by atoms with E-state index < -0.39 is 16.0 Å². The largest absolute Gasteiger partial charge is 0.493 e. The molecule has 2 aromatic rings. The number of nitrogens with one attached hydrogen (secondary N) is 1. The Hall–Kier alpha value is -2.98. The summed E-state index contributed by atoms with van der Waals surface area (Å²) in [4.78, 5) is 12.1. The molecule has 0 bridgehead atoms. The summed E-state index contributed by atoms with van der Waals surface area (Å²) >= 11 is 0. The second-order valence-corrected chi connectivity index (χ2v) is 7.34. The minimum absolute atomic E-state index is 0.00470. The van der Waals surface area contributed by atoms with Crippen molar-refractivity contribution in [3.63, 3.8) is 0 Å². The van der Waals surface area contributed by atoms with Gasteiger partial charge < -0.3 is 23.7 Å². The van der Waals surface area contributed by atoms with Crippen molar-refractivity contribution in [2.75, 3.05) is 46.4 Å². The fourth-order valence-electron chi connectivity index (χ4n) is 2.40. The molecule has 0 unspecified atom stereocenters. The van der Waals surface area contributed by atoms with Crippen molar-refractivity contribution in [3.8, 4) is 17.2 Å². The molecule has 0 aliphatic carbocycles. The molecule has 0 fully saturated rings. The van der Waals surface area contributed by atoms with Crippen LogP contribution in [0.2, 0.25) is 0 Å². The van der Waals surface area contributed by atoms with E-state index in [1.165, 1.54) is 57.7 Å². The van der Waals surface area contributed by atoms with Gasteiger partial charge in [0.05, 0.1) is 44.1 Å².